The molecule has 1 aliphatic rings. The molecule has 20 heavy (non-hydrogen) atoms. The molecule has 104 valence electrons. The lowest BCUT2D eigenvalue weighted by atomic mass is 10.2. The van der Waals surface area contributed by atoms with E-state index in [1.54, 1.807) is 12.1 Å². The predicted octanol–water partition coefficient (Wildman–Crippen LogP) is 4.86. The number of hydrogen-bond donors (Lipinski definition) is 1. The molecule has 1 saturated carbocycles. The first-order chi connectivity index (χ1) is 9.61. The molecule has 2 aromatic rings. The fourth-order valence-corrected chi connectivity index (χ4v) is 3.14. The number of aromatic nitrogens is 1. The smallest absolute Gasteiger partial charge is 0.226 e. The molecule has 1 aromatic heterocycles. The summed E-state index contributed by atoms with van der Waals surface area (Å²) in [5, 5.41) is 6.46. The third-order valence-electron chi connectivity index (χ3n) is 3.13. The normalized spacial score (nSPS) is 14.3. The van der Waals surface area contributed by atoms with Crippen LogP contribution in [0.3, 0.4) is 0 Å². The summed E-state index contributed by atoms with van der Waals surface area (Å²) in [6.45, 7) is 0. The SMILES string of the molecule is O=C(CC1CC1)Nc1nc(-c2ccc(Cl)cc2Cl)cs1. The van der Waals surface area contributed by atoms with Gasteiger partial charge in [0.15, 0.2) is 5.13 Å². The number of rotatable bonds is 4. The second kappa shape index (κ2) is 5.72. The summed E-state index contributed by atoms with van der Waals surface area (Å²) in [6.07, 6.45) is 2.92. The summed E-state index contributed by atoms with van der Waals surface area (Å²) in [6, 6.07) is 5.28. The number of benzene rings is 1. The van der Waals surface area contributed by atoms with Gasteiger partial charge in [0, 0.05) is 22.4 Å². The van der Waals surface area contributed by atoms with Gasteiger partial charge in [-0.1, -0.05) is 23.2 Å². The Kier molecular flexibility index (Phi) is 3.96. The Morgan fingerprint density at radius 2 is 2.20 bits per heavy atom. The summed E-state index contributed by atoms with van der Waals surface area (Å²) in [5.41, 5.74) is 1.56. The van der Waals surface area contributed by atoms with E-state index in [2.05, 4.69) is 10.3 Å². The molecule has 3 nitrogen and oxygen atoms in total. The van der Waals surface area contributed by atoms with Crippen LogP contribution in [0.1, 0.15) is 19.3 Å². The Bertz CT molecular complexity index is 652. The third-order valence-corrected chi connectivity index (χ3v) is 4.43. The zero-order valence-electron chi connectivity index (χ0n) is 10.5. The van der Waals surface area contributed by atoms with Crippen molar-refractivity contribution in [2.45, 2.75) is 19.3 Å². The zero-order chi connectivity index (χ0) is 14.1. The molecule has 1 heterocycles. The van der Waals surface area contributed by atoms with Gasteiger partial charge in [0.1, 0.15) is 0 Å². The average Bonchev–Trinajstić information content (AvgIpc) is 3.07. The van der Waals surface area contributed by atoms with E-state index in [9.17, 15) is 4.79 Å². The van der Waals surface area contributed by atoms with Gasteiger partial charge >= 0.3 is 0 Å². The number of amides is 1. The molecule has 0 saturated heterocycles. The number of thiazole rings is 1. The molecule has 1 amide bonds. The molecule has 0 atom stereocenters. The van der Waals surface area contributed by atoms with E-state index in [-0.39, 0.29) is 5.91 Å². The van der Waals surface area contributed by atoms with E-state index in [0.717, 1.165) is 24.1 Å². The highest BCUT2D eigenvalue weighted by atomic mass is 35.5. The lowest BCUT2D eigenvalue weighted by Crippen LogP contribution is -2.11. The van der Waals surface area contributed by atoms with Crippen LogP contribution in [-0.4, -0.2) is 10.9 Å². The Labute approximate surface area is 130 Å². The van der Waals surface area contributed by atoms with Crippen LogP contribution in [0, 0.1) is 5.92 Å². The van der Waals surface area contributed by atoms with Crippen molar-refractivity contribution in [1.29, 1.82) is 0 Å². The number of carbonyl (C=O) groups excluding carboxylic acids is 1. The molecular formula is C14H12Cl2N2OS. The van der Waals surface area contributed by atoms with Gasteiger partial charge in [0.25, 0.3) is 0 Å². The van der Waals surface area contributed by atoms with E-state index >= 15 is 0 Å². The summed E-state index contributed by atoms with van der Waals surface area (Å²) in [4.78, 5) is 16.1. The first-order valence-electron chi connectivity index (χ1n) is 6.32. The van der Waals surface area contributed by atoms with Gasteiger partial charge in [0.05, 0.1) is 10.7 Å². The van der Waals surface area contributed by atoms with Crippen LogP contribution < -0.4 is 5.32 Å². The van der Waals surface area contributed by atoms with Gasteiger partial charge in [0.2, 0.25) is 5.91 Å². The maximum absolute atomic E-state index is 11.7. The van der Waals surface area contributed by atoms with Crippen LogP contribution in [0.5, 0.6) is 0 Å². The number of hydrogen-bond acceptors (Lipinski definition) is 3. The van der Waals surface area contributed by atoms with Crippen molar-refractivity contribution in [3.8, 4) is 11.3 Å². The highest BCUT2D eigenvalue weighted by Crippen LogP contribution is 2.34. The summed E-state index contributed by atoms with van der Waals surface area (Å²) >= 11 is 13.4. The van der Waals surface area contributed by atoms with Crippen molar-refractivity contribution in [1.82, 2.24) is 4.98 Å². The second-order valence-corrected chi connectivity index (χ2v) is 6.56. The molecule has 0 spiro atoms. The van der Waals surface area contributed by atoms with Crippen molar-refractivity contribution in [3.63, 3.8) is 0 Å². The molecule has 0 aliphatic heterocycles. The molecule has 1 aliphatic carbocycles. The monoisotopic (exact) mass is 326 g/mol. The minimum Gasteiger partial charge on any atom is -0.302 e. The molecule has 0 radical (unpaired) electrons. The van der Waals surface area contributed by atoms with Crippen LogP contribution in [0.2, 0.25) is 10.0 Å². The van der Waals surface area contributed by atoms with Crippen molar-refractivity contribution >= 4 is 45.6 Å². The summed E-state index contributed by atoms with van der Waals surface area (Å²) < 4.78 is 0. The number of nitrogens with one attached hydrogen (secondary N) is 1. The lowest BCUT2D eigenvalue weighted by Gasteiger charge is -2.01. The Morgan fingerprint density at radius 3 is 2.90 bits per heavy atom. The largest absolute Gasteiger partial charge is 0.302 e. The van der Waals surface area contributed by atoms with E-state index in [4.69, 9.17) is 23.2 Å². The molecule has 1 aromatic carbocycles. The fraction of sp³-hybridized carbons (Fsp3) is 0.286. The van der Waals surface area contributed by atoms with E-state index in [1.807, 2.05) is 11.4 Å². The molecule has 3 rings (SSSR count). The van der Waals surface area contributed by atoms with E-state index < -0.39 is 0 Å². The Morgan fingerprint density at radius 1 is 1.40 bits per heavy atom. The van der Waals surface area contributed by atoms with Gasteiger partial charge in [-0.3, -0.25) is 4.79 Å². The Hall–Kier alpha value is -1.10. The number of carbonyl (C=O) groups is 1. The van der Waals surface area contributed by atoms with Gasteiger partial charge in [-0.25, -0.2) is 4.98 Å². The predicted molar refractivity (Wildman–Crippen MR) is 83.5 cm³/mol. The minimum absolute atomic E-state index is 0.0376. The maximum atomic E-state index is 11.7. The van der Waals surface area contributed by atoms with Crippen molar-refractivity contribution < 1.29 is 4.79 Å². The number of halogens is 2. The van der Waals surface area contributed by atoms with Gasteiger partial charge in [-0.15, -0.1) is 11.3 Å². The first kappa shape index (κ1) is 13.9. The van der Waals surface area contributed by atoms with Crippen molar-refractivity contribution in [3.05, 3.63) is 33.6 Å². The number of nitrogens with zero attached hydrogens (tertiary/aromatic N) is 1. The van der Waals surface area contributed by atoms with E-state index in [0.29, 0.717) is 27.5 Å². The molecule has 1 fully saturated rings. The van der Waals surface area contributed by atoms with Gasteiger partial charge in [-0.05, 0) is 37.0 Å². The van der Waals surface area contributed by atoms with Crippen LogP contribution in [0.4, 0.5) is 5.13 Å². The first-order valence-corrected chi connectivity index (χ1v) is 7.96. The fourth-order valence-electron chi connectivity index (χ4n) is 1.91. The molecular weight excluding hydrogens is 315 g/mol. The Balaban J connectivity index is 1.73. The molecule has 0 bridgehead atoms. The van der Waals surface area contributed by atoms with Gasteiger partial charge < -0.3 is 5.32 Å². The highest BCUT2D eigenvalue weighted by molar-refractivity contribution is 7.14. The average molecular weight is 327 g/mol. The highest BCUT2D eigenvalue weighted by Gasteiger charge is 2.24. The van der Waals surface area contributed by atoms with Crippen molar-refractivity contribution in [2.75, 3.05) is 5.32 Å². The lowest BCUT2D eigenvalue weighted by molar-refractivity contribution is -0.116. The quantitative estimate of drug-likeness (QED) is 0.872. The summed E-state index contributed by atoms with van der Waals surface area (Å²) in [7, 11) is 0. The van der Waals surface area contributed by atoms with Crippen LogP contribution >= 0.6 is 34.5 Å². The second-order valence-electron chi connectivity index (χ2n) is 4.86. The van der Waals surface area contributed by atoms with Gasteiger partial charge in [-0.2, -0.15) is 0 Å². The van der Waals surface area contributed by atoms with Crippen LogP contribution in [0.25, 0.3) is 11.3 Å². The molecule has 1 N–H and O–H groups in total. The minimum atomic E-state index is 0.0376. The van der Waals surface area contributed by atoms with Crippen molar-refractivity contribution in [2.24, 2.45) is 5.92 Å². The van der Waals surface area contributed by atoms with Crippen LogP contribution in [0.15, 0.2) is 23.6 Å². The molecule has 6 heteroatoms. The third kappa shape index (κ3) is 3.32. The van der Waals surface area contributed by atoms with Crippen LogP contribution in [-0.2, 0) is 4.79 Å². The molecule has 0 unspecified atom stereocenters. The van der Waals surface area contributed by atoms with E-state index in [1.165, 1.54) is 11.3 Å². The standard InChI is InChI=1S/C14H12Cl2N2OS/c15-9-3-4-10(11(16)6-9)12-7-20-14(17-12)18-13(19)5-8-1-2-8/h3-4,6-8H,1-2,5H2,(H,17,18,19). The maximum Gasteiger partial charge on any atom is 0.226 e. The number of anilines is 1. The topological polar surface area (TPSA) is 42.0 Å². The zero-order valence-corrected chi connectivity index (χ0v) is 12.9. The summed E-state index contributed by atoms with van der Waals surface area (Å²) in [5.74, 6) is 0.607.